The van der Waals surface area contributed by atoms with Crippen LogP contribution >= 0.6 is 11.3 Å². The molecule has 1 amide bonds. The van der Waals surface area contributed by atoms with Crippen LogP contribution in [0.4, 0.5) is 10.9 Å². The number of nitrogens with one attached hydrogen (secondary N) is 1. The van der Waals surface area contributed by atoms with E-state index in [2.05, 4.69) is 59.7 Å². The second kappa shape index (κ2) is 10.5. The lowest BCUT2D eigenvalue weighted by Gasteiger charge is -2.48. The number of hydrogen-bond donors (Lipinski definition) is 2. The molecule has 0 fully saturated rings. The van der Waals surface area contributed by atoms with E-state index in [1.807, 2.05) is 54.8 Å². The van der Waals surface area contributed by atoms with E-state index in [1.165, 1.54) is 11.3 Å². The fourth-order valence-corrected chi connectivity index (χ4v) is 7.23. The maximum atomic E-state index is 14.1. The zero-order valence-corrected chi connectivity index (χ0v) is 23.9. The normalized spacial score (nSPS) is 26.1. The molecule has 7 heteroatoms. The molecule has 4 aromatic rings. The number of benzene rings is 2. The van der Waals surface area contributed by atoms with E-state index >= 15 is 0 Å². The highest BCUT2D eigenvalue weighted by molar-refractivity contribution is 7.13. The predicted molar refractivity (Wildman–Crippen MR) is 164 cm³/mol. The third kappa shape index (κ3) is 4.85. The Morgan fingerprint density at radius 2 is 1.90 bits per heavy atom. The number of thiazole rings is 1. The molecule has 0 spiro atoms. The highest BCUT2D eigenvalue weighted by Crippen LogP contribution is 2.57. The van der Waals surface area contributed by atoms with Crippen molar-refractivity contribution in [1.82, 2.24) is 9.97 Å². The molecule has 41 heavy (non-hydrogen) atoms. The first-order valence-electron chi connectivity index (χ1n) is 13.7. The third-order valence-electron chi connectivity index (χ3n) is 8.49. The first kappa shape index (κ1) is 26.7. The topological polar surface area (TPSA) is 105 Å². The molecule has 2 aromatic carbocycles. The average molecular weight is 558 g/mol. The van der Waals surface area contributed by atoms with Crippen LogP contribution in [0.1, 0.15) is 48.6 Å². The van der Waals surface area contributed by atoms with Crippen molar-refractivity contribution >= 4 is 28.2 Å². The van der Waals surface area contributed by atoms with Crippen LogP contribution < -0.4 is 11.1 Å². The second-order valence-electron chi connectivity index (χ2n) is 11.3. The Morgan fingerprint density at radius 1 is 1.12 bits per heavy atom. The summed E-state index contributed by atoms with van der Waals surface area (Å²) in [7, 11) is 0. The Bertz CT molecular complexity index is 1700. The fraction of sp³-hybridized carbons (Fsp3) is 0.235. The van der Waals surface area contributed by atoms with Gasteiger partial charge in [-0.1, -0.05) is 86.7 Å². The monoisotopic (exact) mass is 557 g/mol. The quantitative estimate of drug-likeness (QED) is 0.274. The lowest BCUT2D eigenvalue weighted by Crippen LogP contribution is -2.49. The van der Waals surface area contributed by atoms with Crippen molar-refractivity contribution in [3.05, 3.63) is 119 Å². The Hall–Kier alpha value is -4.54. The predicted octanol–water partition coefficient (Wildman–Crippen LogP) is 7.03. The SMILES string of the molecule is CC1/C=C\C=C/C2(C#N)CC(C)(C(=O)Nc3nc(Cc4ccc(-c5ccc(N)nc5)cc4)cs3)C1c1ccccc12. The number of carbonyl (C=O) groups excluding carboxylic acids is 1. The molecular formula is C34H31N5OS. The van der Waals surface area contributed by atoms with Crippen LogP contribution in [0.25, 0.3) is 11.1 Å². The van der Waals surface area contributed by atoms with Gasteiger partial charge in [-0.15, -0.1) is 11.3 Å². The summed E-state index contributed by atoms with van der Waals surface area (Å²) in [6, 6.07) is 22.7. The van der Waals surface area contributed by atoms with Crippen molar-refractivity contribution in [3.8, 4) is 17.2 Å². The molecule has 0 saturated carbocycles. The van der Waals surface area contributed by atoms with E-state index in [9.17, 15) is 10.1 Å². The Labute approximate surface area is 244 Å². The van der Waals surface area contributed by atoms with E-state index < -0.39 is 10.8 Å². The van der Waals surface area contributed by atoms with Gasteiger partial charge in [-0.25, -0.2) is 9.97 Å². The first-order chi connectivity index (χ1) is 19.8. The van der Waals surface area contributed by atoms with Gasteiger partial charge in [0.05, 0.1) is 17.2 Å². The number of hydrogen-bond acceptors (Lipinski definition) is 6. The third-order valence-corrected chi connectivity index (χ3v) is 9.30. The number of rotatable bonds is 5. The summed E-state index contributed by atoms with van der Waals surface area (Å²) in [5.41, 5.74) is 10.2. The summed E-state index contributed by atoms with van der Waals surface area (Å²) in [6.07, 6.45) is 10.9. The van der Waals surface area contributed by atoms with Crippen LogP contribution in [0, 0.1) is 22.7 Å². The van der Waals surface area contributed by atoms with Crippen LogP contribution in [0.15, 0.2) is 96.5 Å². The van der Waals surface area contributed by atoms with E-state index in [0.717, 1.165) is 33.5 Å². The molecule has 3 N–H and O–H groups in total. The van der Waals surface area contributed by atoms with Gasteiger partial charge in [0.15, 0.2) is 5.13 Å². The van der Waals surface area contributed by atoms with Gasteiger partial charge in [0.2, 0.25) is 5.91 Å². The average Bonchev–Trinajstić information content (AvgIpc) is 3.45. The summed E-state index contributed by atoms with van der Waals surface area (Å²) in [5.74, 6) is 0.422. The molecule has 204 valence electrons. The van der Waals surface area contributed by atoms with Crippen LogP contribution in [0.5, 0.6) is 0 Å². The molecule has 2 bridgehead atoms. The van der Waals surface area contributed by atoms with Crippen LogP contribution in [-0.4, -0.2) is 15.9 Å². The van der Waals surface area contributed by atoms with Gasteiger partial charge in [0.1, 0.15) is 11.2 Å². The molecule has 0 saturated heterocycles. The lowest BCUT2D eigenvalue weighted by molar-refractivity contribution is -0.128. The number of nitrogens with zero attached hydrogens (tertiary/aromatic N) is 3. The van der Waals surface area contributed by atoms with Crippen LogP contribution in [-0.2, 0) is 16.6 Å². The maximum absolute atomic E-state index is 14.1. The van der Waals surface area contributed by atoms with Gasteiger partial charge >= 0.3 is 0 Å². The van der Waals surface area contributed by atoms with Crippen LogP contribution in [0.3, 0.4) is 0 Å². The summed E-state index contributed by atoms with van der Waals surface area (Å²) in [4.78, 5) is 23.0. The molecule has 6 rings (SSSR count). The van der Waals surface area contributed by atoms with E-state index in [-0.39, 0.29) is 17.7 Å². The Kier molecular flexibility index (Phi) is 6.80. The van der Waals surface area contributed by atoms with Crippen molar-refractivity contribution in [2.45, 2.75) is 38.0 Å². The molecule has 2 aromatic heterocycles. The Balaban J connectivity index is 1.23. The smallest absolute Gasteiger partial charge is 0.232 e. The van der Waals surface area contributed by atoms with Gasteiger partial charge in [-0.05, 0) is 46.7 Å². The molecule has 6 nitrogen and oxygen atoms in total. The molecule has 0 radical (unpaired) electrons. The van der Waals surface area contributed by atoms with E-state index in [0.29, 0.717) is 23.8 Å². The standard InChI is InChI=1S/C34H31N5OS/c1-22-7-5-6-16-34(21-35)20-33(2,30(22)27-8-3-4-9-28(27)34)31(40)39-32-38-26(19-41-32)17-23-10-12-24(13-11-23)25-14-15-29(36)37-18-25/h3-16,18-19,22,30H,17,20H2,1-2H3,(H2,36,37)(H,38,39,40)/b7-5-,16-6-. The van der Waals surface area contributed by atoms with E-state index in [1.54, 1.807) is 12.3 Å². The lowest BCUT2D eigenvalue weighted by atomic mass is 9.53. The summed E-state index contributed by atoms with van der Waals surface area (Å²) < 4.78 is 0. The molecule has 2 aliphatic rings. The van der Waals surface area contributed by atoms with Crippen molar-refractivity contribution in [2.24, 2.45) is 11.3 Å². The summed E-state index contributed by atoms with van der Waals surface area (Å²) >= 11 is 1.43. The zero-order valence-electron chi connectivity index (χ0n) is 23.0. The summed E-state index contributed by atoms with van der Waals surface area (Å²) in [6.45, 7) is 4.16. The maximum Gasteiger partial charge on any atom is 0.232 e. The molecular weight excluding hydrogens is 526 g/mol. The van der Waals surface area contributed by atoms with Gasteiger partial charge < -0.3 is 11.1 Å². The molecule has 4 atom stereocenters. The number of fused-ring (bicyclic) bond motifs is 6. The van der Waals surface area contributed by atoms with Crippen molar-refractivity contribution in [2.75, 3.05) is 11.1 Å². The van der Waals surface area contributed by atoms with Gasteiger partial charge in [0, 0.05) is 29.5 Å². The second-order valence-corrected chi connectivity index (χ2v) is 12.1. The number of allylic oxidation sites excluding steroid dienone is 4. The highest BCUT2D eigenvalue weighted by atomic mass is 32.1. The minimum absolute atomic E-state index is 0.0782. The summed E-state index contributed by atoms with van der Waals surface area (Å²) in [5, 5.41) is 16.2. The van der Waals surface area contributed by atoms with Gasteiger partial charge in [-0.2, -0.15) is 5.26 Å². The number of nitriles is 1. The van der Waals surface area contributed by atoms with Crippen molar-refractivity contribution < 1.29 is 4.79 Å². The highest BCUT2D eigenvalue weighted by Gasteiger charge is 2.55. The fourth-order valence-electron chi connectivity index (χ4n) is 6.53. The number of aromatic nitrogens is 2. The zero-order chi connectivity index (χ0) is 28.6. The molecule has 2 heterocycles. The number of amides is 1. The van der Waals surface area contributed by atoms with Crippen molar-refractivity contribution in [3.63, 3.8) is 0 Å². The van der Waals surface area contributed by atoms with Crippen LogP contribution in [0.2, 0.25) is 0 Å². The van der Waals surface area contributed by atoms with Gasteiger partial charge in [-0.3, -0.25) is 4.79 Å². The number of nitrogen functional groups attached to an aromatic ring is 1. The van der Waals surface area contributed by atoms with Gasteiger partial charge in [0.25, 0.3) is 0 Å². The Morgan fingerprint density at radius 3 is 2.66 bits per heavy atom. The van der Waals surface area contributed by atoms with E-state index in [4.69, 9.17) is 10.7 Å². The minimum Gasteiger partial charge on any atom is -0.384 e. The van der Waals surface area contributed by atoms with Crippen molar-refractivity contribution in [1.29, 1.82) is 5.26 Å². The molecule has 0 aliphatic heterocycles. The minimum atomic E-state index is -0.879. The molecule has 2 aliphatic carbocycles. The number of anilines is 2. The number of pyridine rings is 1. The number of nitrogens with two attached hydrogens (primary N) is 1. The number of carbonyl (C=O) groups is 1. The largest absolute Gasteiger partial charge is 0.384 e. The first-order valence-corrected chi connectivity index (χ1v) is 14.6. The molecule has 4 unspecified atom stereocenters.